The first-order valence-electron chi connectivity index (χ1n) is 7.76. The molecule has 1 aromatic carbocycles. The van der Waals surface area contributed by atoms with Crippen LogP contribution in [0.4, 0.5) is 0 Å². The summed E-state index contributed by atoms with van der Waals surface area (Å²) in [6.45, 7) is 6.00. The van der Waals surface area contributed by atoms with Gasteiger partial charge in [0.1, 0.15) is 5.69 Å². The van der Waals surface area contributed by atoms with Crippen LogP contribution in [-0.4, -0.2) is 41.0 Å². The standard InChI is InChI=1S/C17H23N3O/c1-12(2)18-14-7-9-20(10-8-14)17(21)16-11-13-5-3-4-6-15(13)19-16/h3-6,11-12,14,18-19H,7-10H2,1-2H3. The molecule has 0 saturated carbocycles. The molecule has 1 aromatic heterocycles. The Morgan fingerprint density at radius 1 is 1.29 bits per heavy atom. The van der Waals surface area contributed by atoms with E-state index in [-0.39, 0.29) is 5.91 Å². The van der Waals surface area contributed by atoms with Gasteiger partial charge in [0.15, 0.2) is 0 Å². The van der Waals surface area contributed by atoms with Crippen molar-refractivity contribution in [2.24, 2.45) is 0 Å². The van der Waals surface area contributed by atoms with E-state index in [2.05, 4.69) is 24.1 Å². The van der Waals surface area contributed by atoms with Gasteiger partial charge in [0.2, 0.25) is 0 Å². The molecule has 0 spiro atoms. The Kier molecular flexibility index (Phi) is 3.97. The van der Waals surface area contributed by atoms with Crippen LogP contribution in [0.2, 0.25) is 0 Å². The van der Waals surface area contributed by atoms with Crippen molar-refractivity contribution in [2.75, 3.05) is 13.1 Å². The van der Waals surface area contributed by atoms with Gasteiger partial charge in [-0.05, 0) is 25.0 Å². The smallest absolute Gasteiger partial charge is 0.270 e. The highest BCUT2D eigenvalue weighted by Crippen LogP contribution is 2.18. The van der Waals surface area contributed by atoms with Crippen LogP contribution in [-0.2, 0) is 0 Å². The maximum Gasteiger partial charge on any atom is 0.270 e. The van der Waals surface area contributed by atoms with Crippen LogP contribution in [0.15, 0.2) is 30.3 Å². The van der Waals surface area contributed by atoms with Gasteiger partial charge in [0, 0.05) is 36.1 Å². The third-order valence-electron chi connectivity index (χ3n) is 4.11. The molecule has 0 aliphatic carbocycles. The number of hydrogen-bond donors (Lipinski definition) is 2. The van der Waals surface area contributed by atoms with Gasteiger partial charge in [-0.15, -0.1) is 0 Å². The molecule has 21 heavy (non-hydrogen) atoms. The summed E-state index contributed by atoms with van der Waals surface area (Å²) < 4.78 is 0. The lowest BCUT2D eigenvalue weighted by Gasteiger charge is -2.33. The molecule has 2 heterocycles. The number of amides is 1. The van der Waals surface area contributed by atoms with E-state index in [0.717, 1.165) is 36.8 Å². The molecule has 112 valence electrons. The maximum atomic E-state index is 12.6. The molecule has 1 aliphatic heterocycles. The molecule has 4 heteroatoms. The predicted molar refractivity (Wildman–Crippen MR) is 85.5 cm³/mol. The van der Waals surface area contributed by atoms with E-state index in [1.165, 1.54) is 0 Å². The molecule has 0 radical (unpaired) electrons. The zero-order chi connectivity index (χ0) is 14.8. The van der Waals surface area contributed by atoms with E-state index in [1.807, 2.05) is 35.2 Å². The Morgan fingerprint density at radius 2 is 2.00 bits per heavy atom. The van der Waals surface area contributed by atoms with Gasteiger partial charge in [-0.2, -0.15) is 0 Å². The van der Waals surface area contributed by atoms with Gasteiger partial charge in [-0.1, -0.05) is 32.0 Å². The number of H-pyrrole nitrogens is 1. The molecular weight excluding hydrogens is 262 g/mol. The number of nitrogens with one attached hydrogen (secondary N) is 2. The number of fused-ring (bicyclic) bond motifs is 1. The highest BCUT2D eigenvalue weighted by molar-refractivity contribution is 5.98. The topological polar surface area (TPSA) is 48.1 Å². The van der Waals surface area contributed by atoms with E-state index >= 15 is 0 Å². The summed E-state index contributed by atoms with van der Waals surface area (Å²) in [6.07, 6.45) is 2.06. The summed E-state index contributed by atoms with van der Waals surface area (Å²) in [4.78, 5) is 17.8. The number of carbonyl (C=O) groups excluding carboxylic acids is 1. The Hall–Kier alpha value is -1.81. The Morgan fingerprint density at radius 3 is 2.67 bits per heavy atom. The highest BCUT2D eigenvalue weighted by Gasteiger charge is 2.24. The second-order valence-corrected chi connectivity index (χ2v) is 6.16. The van der Waals surface area contributed by atoms with Crippen molar-refractivity contribution in [1.29, 1.82) is 0 Å². The molecule has 0 atom stereocenters. The Balaban J connectivity index is 1.66. The lowest BCUT2D eigenvalue weighted by Crippen LogP contribution is -2.46. The van der Waals surface area contributed by atoms with E-state index in [1.54, 1.807) is 0 Å². The average Bonchev–Trinajstić information content (AvgIpc) is 2.90. The molecule has 1 fully saturated rings. The van der Waals surface area contributed by atoms with Crippen LogP contribution in [0.5, 0.6) is 0 Å². The zero-order valence-corrected chi connectivity index (χ0v) is 12.7. The number of aromatic nitrogens is 1. The Labute approximate surface area is 125 Å². The van der Waals surface area contributed by atoms with Crippen LogP contribution >= 0.6 is 0 Å². The fraction of sp³-hybridized carbons (Fsp3) is 0.471. The largest absolute Gasteiger partial charge is 0.351 e. The summed E-state index contributed by atoms with van der Waals surface area (Å²) >= 11 is 0. The number of rotatable bonds is 3. The van der Waals surface area contributed by atoms with Gasteiger partial charge in [0.25, 0.3) is 5.91 Å². The molecule has 4 nitrogen and oxygen atoms in total. The minimum Gasteiger partial charge on any atom is -0.351 e. The number of piperidine rings is 1. The molecule has 0 unspecified atom stereocenters. The van der Waals surface area contributed by atoms with E-state index in [4.69, 9.17) is 0 Å². The maximum absolute atomic E-state index is 12.6. The van der Waals surface area contributed by atoms with Crippen LogP contribution in [0, 0.1) is 0 Å². The monoisotopic (exact) mass is 285 g/mol. The summed E-state index contributed by atoms with van der Waals surface area (Å²) in [5.41, 5.74) is 1.73. The number of likely N-dealkylation sites (tertiary alicyclic amines) is 1. The zero-order valence-electron chi connectivity index (χ0n) is 12.7. The number of para-hydroxylation sites is 1. The minimum atomic E-state index is 0.120. The normalized spacial score (nSPS) is 16.8. The van der Waals surface area contributed by atoms with Crippen LogP contribution in [0.25, 0.3) is 10.9 Å². The number of nitrogens with zero attached hydrogens (tertiary/aromatic N) is 1. The van der Waals surface area contributed by atoms with E-state index < -0.39 is 0 Å². The van der Waals surface area contributed by atoms with Crippen LogP contribution in [0.1, 0.15) is 37.2 Å². The van der Waals surface area contributed by atoms with Crippen molar-refractivity contribution in [1.82, 2.24) is 15.2 Å². The molecule has 2 aromatic rings. The molecule has 1 amide bonds. The molecule has 0 bridgehead atoms. The third-order valence-corrected chi connectivity index (χ3v) is 4.11. The first-order chi connectivity index (χ1) is 10.1. The first kappa shape index (κ1) is 14.1. The molecular formula is C17H23N3O. The molecule has 1 saturated heterocycles. The van der Waals surface area contributed by atoms with E-state index in [0.29, 0.717) is 17.8 Å². The van der Waals surface area contributed by atoms with Gasteiger partial charge < -0.3 is 15.2 Å². The van der Waals surface area contributed by atoms with Crippen molar-refractivity contribution in [2.45, 2.75) is 38.8 Å². The van der Waals surface area contributed by atoms with Crippen molar-refractivity contribution in [3.8, 4) is 0 Å². The number of hydrogen-bond acceptors (Lipinski definition) is 2. The van der Waals surface area contributed by atoms with Gasteiger partial charge in [-0.3, -0.25) is 4.79 Å². The predicted octanol–water partition coefficient (Wildman–Crippen LogP) is 2.77. The fourth-order valence-corrected chi connectivity index (χ4v) is 3.08. The molecule has 2 N–H and O–H groups in total. The van der Waals surface area contributed by atoms with Gasteiger partial charge >= 0.3 is 0 Å². The fourth-order valence-electron chi connectivity index (χ4n) is 3.08. The average molecular weight is 285 g/mol. The number of benzene rings is 1. The summed E-state index contributed by atoms with van der Waals surface area (Å²) in [6, 6.07) is 11.0. The lowest BCUT2D eigenvalue weighted by molar-refractivity contribution is 0.0698. The van der Waals surface area contributed by atoms with Gasteiger partial charge in [-0.25, -0.2) is 0 Å². The number of aromatic amines is 1. The van der Waals surface area contributed by atoms with E-state index in [9.17, 15) is 4.79 Å². The van der Waals surface area contributed by atoms with Gasteiger partial charge in [0.05, 0.1) is 0 Å². The SMILES string of the molecule is CC(C)NC1CCN(C(=O)c2cc3ccccc3[nH]2)CC1. The first-order valence-corrected chi connectivity index (χ1v) is 7.76. The Bertz CT molecular complexity index is 591. The highest BCUT2D eigenvalue weighted by atomic mass is 16.2. The molecule has 3 rings (SSSR count). The second-order valence-electron chi connectivity index (χ2n) is 6.16. The molecule has 1 aliphatic rings. The van der Waals surface area contributed by atoms with Crippen molar-refractivity contribution >= 4 is 16.8 Å². The summed E-state index contributed by atoms with van der Waals surface area (Å²) in [5.74, 6) is 0.120. The lowest BCUT2D eigenvalue weighted by atomic mass is 10.0. The summed E-state index contributed by atoms with van der Waals surface area (Å²) in [5, 5.41) is 4.65. The van der Waals surface area contributed by atoms with Crippen LogP contribution in [0.3, 0.4) is 0 Å². The summed E-state index contributed by atoms with van der Waals surface area (Å²) in [7, 11) is 0. The quantitative estimate of drug-likeness (QED) is 0.911. The van der Waals surface area contributed by atoms with Crippen LogP contribution < -0.4 is 5.32 Å². The van der Waals surface area contributed by atoms with Crippen molar-refractivity contribution in [3.05, 3.63) is 36.0 Å². The van der Waals surface area contributed by atoms with Crippen molar-refractivity contribution in [3.63, 3.8) is 0 Å². The number of carbonyl (C=O) groups is 1. The van der Waals surface area contributed by atoms with Crippen molar-refractivity contribution < 1.29 is 4.79 Å². The third kappa shape index (κ3) is 3.10. The second kappa shape index (κ2) is 5.90. The minimum absolute atomic E-state index is 0.120.